The fourth-order valence-corrected chi connectivity index (χ4v) is 4.90. The summed E-state index contributed by atoms with van der Waals surface area (Å²) in [7, 11) is 0. The van der Waals surface area contributed by atoms with E-state index in [4.69, 9.17) is 0 Å². The zero-order valence-corrected chi connectivity index (χ0v) is 22.6. The summed E-state index contributed by atoms with van der Waals surface area (Å²) < 4.78 is 0. The van der Waals surface area contributed by atoms with Crippen molar-refractivity contribution >= 4 is 23.7 Å². The Hall–Kier alpha value is -3.52. The number of carboxylic acid groups (broad SMARTS) is 1. The molecule has 204 valence electrons. The number of ketones is 1. The topological polar surface area (TPSA) is 107 Å². The maximum atomic E-state index is 13.9. The quantitative estimate of drug-likeness (QED) is 0.259. The monoisotopic (exact) mass is 521 g/mol. The van der Waals surface area contributed by atoms with Crippen LogP contribution in [-0.2, 0) is 26.5 Å². The molecule has 1 saturated heterocycles. The van der Waals surface area contributed by atoms with Crippen molar-refractivity contribution in [2.75, 3.05) is 6.54 Å². The largest absolute Gasteiger partial charge is 0.480 e. The van der Waals surface area contributed by atoms with Crippen LogP contribution in [0.3, 0.4) is 0 Å². The van der Waals surface area contributed by atoms with Gasteiger partial charge in [-0.2, -0.15) is 0 Å². The lowest BCUT2D eigenvalue weighted by Crippen LogP contribution is -2.50. The van der Waals surface area contributed by atoms with E-state index in [2.05, 4.69) is 12.2 Å². The molecular formula is C30H39N3O5. The number of carbonyl (C=O) groups is 4. The zero-order chi connectivity index (χ0) is 27.7. The van der Waals surface area contributed by atoms with E-state index in [1.54, 1.807) is 6.92 Å². The van der Waals surface area contributed by atoms with Crippen molar-refractivity contribution in [3.05, 3.63) is 71.8 Å². The van der Waals surface area contributed by atoms with Crippen LogP contribution >= 0.6 is 0 Å². The molecule has 1 heterocycles. The molecule has 3 rings (SSSR count). The molecular weight excluding hydrogens is 482 g/mol. The smallest absolute Gasteiger partial charge is 0.328 e. The van der Waals surface area contributed by atoms with Gasteiger partial charge in [0.2, 0.25) is 0 Å². The van der Waals surface area contributed by atoms with Crippen LogP contribution in [0.5, 0.6) is 0 Å². The van der Waals surface area contributed by atoms with Crippen molar-refractivity contribution in [3.63, 3.8) is 0 Å². The van der Waals surface area contributed by atoms with Crippen LogP contribution in [0, 0.1) is 0 Å². The fourth-order valence-electron chi connectivity index (χ4n) is 4.90. The number of imide groups is 1. The first-order chi connectivity index (χ1) is 18.2. The van der Waals surface area contributed by atoms with Gasteiger partial charge in [0.25, 0.3) is 5.91 Å². The Kier molecular flexibility index (Phi) is 10.2. The minimum absolute atomic E-state index is 0.205. The third-order valence-corrected chi connectivity index (χ3v) is 7.30. The maximum Gasteiger partial charge on any atom is 0.328 e. The predicted molar refractivity (Wildman–Crippen MR) is 145 cm³/mol. The summed E-state index contributed by atoms with van der Waals surface area (Å²) >= 11 is 0. The number of hydrogen-bond donors (Lipinski definition) is 2. The number of urea groups is 1. The van der Waals surface area contributed by atoms with E-state index in [1.807, 2.05) is 60.7 Å². The number of carbonyl (C=O) groups excluding carboxylic acids is 3. The molecule has 0 aromatic heterocycles. The average molecular weight is 522 g/mol. The van der Waals surface area contributed by atoms with Gasteiger partial charge >= 0.3 is 12.0 Å². The molecule has 0 aliphatic carbocycles. The van der Waals surface area contributed by atoms with Gasteiger partial charge in [0, 0.05) is 6.54 Å². The van der Waals surface area contributed by atoms with Crippen molar-refractivity contribution in [1.29, 1.82) is 0 Å². The van der Waals surface area contributed by atoms with E-state index in [0.29, 0.717) is 12.0 Å². The van der Waals surface area contributed by atoms with E-state index >= 15 is 0 Å². The lowest BCUT2D eigenvalue weighted by molar-refractivity contribution is -0.140. The molecule has 8 heteroatoms. The van der Waals surface area contributed by atoms with Crippen molar-refractivity contribution in [2.24, 2.45) is 0 Å². The van der Waals surface area contributed by atoms with Crippen molar-refractivity contribution in [1.82, 2.24) is 15.1 Å². The van der Waals surface area contributed by atoms with Crippen molar-refractivity contribution < 1.29 is 24.3 Å². The Balaban J connectivity index is 1.85. The van der Waals surface area contributed by atoms with Crippen molar-refractivity contribution in [2.45, 2.75) is 83.5 Å². The Labute approximate surface area is 225 Å². The standard InChI is InChI=1S/C30H39N3O5/c1-4-5-6-7-14-19-25(31-22(2)27(35)36)26(34)21-32-28(37)30(3,24-17-12-9-13-18-24)33(29(32)38)20-23-15-10-8-11-16-23/h8-13,15-18,22,25,31H,4-7,14,19-21H2,1-3H3,(H,35,36). The molecule has 3 unspecified atom stereocenters. The summed E-state index contributed by atoms with van der Waals surface area (Å²) in [4.78, 5) is 55.0. The highest BCUT2D eigenvalue weighted by atomic mass is 16.4. The number of nitrogens with one attached hydrogen (secondary N) is 1. The number of carboxylic acids is 1. The van der Waals surface area contributed by atoms with Gasteiger partial charge in [-0.15, -0.1) is 0 Å². The first-order valence-electron chi connectivity index (χ1n) is 13.4. The van der Waals surface area contributed by atoms with E-state index in [-0.39, 0.29) is 12.3 Å². The summed E-state index contributed by atoms with van der Waals surface area (Å²) in [5.74, 6) is -1.90. The highest BCUT2D eigenvalue weighted by molar-refractivity contribution is 6.09. The normalized spacial score (nSPS) is 19.0. The van der Waals surface area contributed by atoms with Crippen molar-refractivity contribution in [3.8, 4) is 0 Å². The number of benzene rings is 2. The van der Waals surface area contributed by atoms with Crippen LogP contribution < -0.4 is 5.32 Å². The molecule has 3 atom stereocenters. The molecule has 0 radical (unpaired) electrons. The zero-order valence-electron chi connectivity index (χ0n) is 22.6. The molecule has 2 N–H and O–H groups in total. The summed E-state index contributed by atoms with van der Waals surface area (Å²) in [6, 6.07) is 16.3. The second-order valence-corrected chi connectivity index (χ2v) is 10.1. The molecule has 0 bridgehead atoms. The van der Waals surface area contributed by atoms with E-state index in [1.165, 1.54) is 11.8 Å². The molecule has 0 spiro atoms. The molecule has 3 amide bonds. The van der Waals surface area contributed by atoms with E-state index < -0.39 is 42.1 Å². The molecule has 1 fully saturated rings. The molecule has 8 nitrogen and oxygen atoms in total. The van der Waals surface area contributed by atoms with Gasteiger partial charge in [0.05, 0.1) is 12.6 Å². The summed E-state index contributed by atoms with van der Waals surface area (Å²) in [6.45, 7) is 5.11. The van der Waals surface area contributed by atoms with Crippen LogP contribution in [0.2, 0.25) is 0 Å². The Morgan fingerprint density at radius 1 is 0.947 bits per heavy atom. The van der Waals surface area contributed by atoms with Gasteiger partial charge in [-0.05, 0) is 31.4 Å². The first-order valence-corrected chi connectivity index (χ1v) is 13.4. The number of unbranched alkanes of at least 4 members (excludes halogenated alkanes) is 4. The first kappa shape index (κ1) is 29.0. The number of hydrogen-bond acceptors (Lipinski definition) is 5. The van der Waals surface area contributed by atoms with Crippen LogP contribution in [-0.4, -0.2) is 57.2 Å². The lowest BCUT2D eigenvalue weighted by Gasteiger charge is -2.32. The molecule has 2 aromatic rings. The number of amides is 3. The minimum atomic E-state index is -1.29. The highest BCUT2D eigenvalue weighted by Crippen LogP contribution is 2.38. The van der Waals surface area contributed by atoms with Gasteiger partial charge in [-0.1, -0.05) is 99.7 Å². The maximum absolute atomic E-state index is 13.9. The minimum Gasteiger partial charge on any atom is -0.480 e. The van der Waals surface area contributed by atoms with Gasteiger partial charge in [-0.3, -0.25) is 24.6 Å². The summed E-state index contributed by atoms with van der Waals surface area (Å²) in [5, 5.41) is 12.3. The second-order valence-electron chi connectivity index (χ2n) is 10.1. The van der Waals surface area contributed by atoms with Gasteiger partial charge in [-0.25, -0.2) is 4.79 Å². The molecule has 1 aliphatic heterocycles. The molecule has 2 aromatic carbocycles. The average Bonchev–Trinajstić information content (AvgIpc) is 3.09. The number of rotatable bonds is 15. The highest BCUT2D eigenvalue weighted by Gasteiger charge is 2.55. The second kappa shape index (κ2) is 13.3. The molecule has 38 heavy (non-hydrogen) atoms. The van der Waals surface area contributed by atoms with Crippen LogP contribution in [0.25, 0.3) is 0 Å². The third-order valence-electron chi connectivity index (χ3n) is 7.30. The Morgan fingerprint density at radius 3 is 2.16 bits per heavy atom. The predicted octanol–water partition coefficient (Wildman–Crippen LogP) is 4.73. The summed E-state index contributed by atoms with van der Waals surface area (Å²) in [5.41, 5.74) is 0.242. The SMILES string of the molecule is CCCCCCCC(NC(C)C(=O)O)C(=O)CN1C(=O)N(Cc2ccccc2)C(C)(c2ccccc2)C1=O. The van der Waals surface area contributed by atoms with Crippen LogP contribution in [0.1, 0.15) is 70.4 Å². The Bertz CT molecular complexity index is 1110. The van der Waals surface area contributed by atoms with Gasteiger partial charge in [0.15, 0.2) is 5.78 Å². The molecule has 1 aliphatic rings. The fraction of sp³-hybridized carbons (Fsp3) is 0.467. The number of Topliss-reactive ketones (excluding diaryl/α,β-unsaturated/α-hetero) is 1. The number of nitrogens with zero attached hydrogens (tertiary/aromatic N) is 2. The van der Waals surface area contributed by atoms with Gasteiger partial charge in [0.1, 0.15) is 11.6 Å². The van der Waals surface area contributed by atoms with E-state index in [9.17, 15) is 24.3 Å². The summed E-state index contributed by atoms with van der Waals surface area (Å²) in [6.07, 6.45) is 5.36. The number of aliphatic carboxylic acids is 1. The van der Waals surface area contributed by atoms with Crippen LogP contribution in [0.15, 0.2) is 60.7 Å². The van der Waals surface area contributed by atoms with E-state index in [0.717, 1.165) is 42.6 Å². The lowest BCUT2D eigenvalue weighted by atomic mass is 9.90. The van der Waals surface area contributed by atoms with Crippen LogP contribution in [0.4, 0.5) is 4.79 Å². The third kappa shape index (κ3) is 6.67. The van der Waals surface area contributed by atoms with Gasteiger partial charge < -0.3 is 10.0 Å². The molecule has 0 saturated carbocycles. The Morgan fingerprint density at radius 2 is 1.55 bits per heavy atom.